The molecule has 1 aromatic rings. The highest BCUT2D eigenvalue weighted by atomic mass is 32.1. The van der Waals surface area contributed by atoms with E-state index in [-0.39, 0.29) is 5.91 Å². The Bertz CT molecular complexity index is 301. The third-order valence-electron chi connectivity index (χ3n) is 1.45. The summed E-state index contributed by atoms with van der Waals surface area (Å²) in [4.78, 5) is 20.2. The smallest absolute Gasteiger partial charge is 0.294 e. The van der Waals surface area contributed by atoms with Crippen molar-refractivity contribution in [3.8, 4) is 0 Å². The van der Waals surface area contributed by atoms with Gasteiger partial charge in [0, 0.05) is 11.8 Å². The molecule has 14 heavy (non-hydrogen) atoms. The number of carbonyl (C=O) groups is 1. The van der Waals surface area contributed by atoms with E-state index < -0.39 is 0 Å². The molecule has 0 aliphatic heterocycles. The molecule has 0 spiro atoms. The van der Waals surface area contributed by atoms with Crippen LogP contribution < -0.4 is 11.2 Å². The summed E-state index contributed by atoms with van der Waals surface area (Å²) in [5.41, 5.74) is 8.03. The van der Waals surface area contributed by atoms with Gasteiger partial charge in [0.1, 0.15) is 5.69 Å². The monoisotopic (exact) mass is 215 g/mol. The summed E-state index contributed by atoms with van der Waals surface area (Å²) < 4.78 is 0. The minimum Gasteiger partial charge on any atom is -0.330 e. The van der Waals surface area contributed by atoms with Gasteiger partial charge in [-0.3, -0.25) is 9.63 Å². The topological polar surface area (TPSA) is 77.2 Å². The molecule has 1 heterocycles. The van der Waals surface area contributed by atoms with E-state index in [9.17, 15) is 4.79 Å². The number of nitrogens with zero attached hydrogens (tertiary/aromatic N) is 1. The number of rotatable bonds is 5. The largest absolute Gasteiger partial charge is 0.330 e. The second-order valence-corrected chi connectivity index (χ2v) is 3.47. The van der Waals surface area contributed by atoms with Gasteiger partial charge in [-0.25, -0.2) is 10.5 Å². The Kier molecular flexibility index (Phi) is 4.51. The summed E-state index contributed by atoms with van der Waals surface area (Å²) >= 11 is 1.43. The molecule has 0 aliphatic rings. The summed E-state index contributed by atoms with van der Waals surface area (Å²) in [6.45, 7) is 2.77. The average Bonchev–Trinajstić information content (AvgIpc) is 2.63. The maximum atomic E-state index is 11.3. The summed E-state index contributed by atoms with van der Waals surface area (Å²) in [5, 5.41) is 2.56. The molecule has 0 atom stereocenters. The summed E-state index contributed by atoms with van der Waals surface area (Å²) in [5.74, 6) is -0.314. The molecule has 0 aromatic carbocycles. The zero-order valence-corrected chi connectivity index (χ0v) is 8.76. The van der Waals surface area contributed by atoms with E-state index in [4.69, 9.17) is 10.6 Å². The van der Waals surface area contributed by atoms with Crippen molar-refractivity contribution in [3.05, 3.63) is 16.1 Å². The Balaban J connectivity index is 2.53. The number of nitrogens with two attached hydrogens (primary N) is 1. The van der Waals surface area contributed by atoms with E-state index in [2.05, 4.69) is 10.5 Å². The lowest BCUT2D eigenvalue weighted by molar-refractivity contribution is 0.0360. The van der Waals surface area contributed by atoms with Gasteiger partial charge in [0.25, 0.3) is 5.91 Å². The van der Waals surface area contributed by atoms with Crippen LogP contribution in [0.4, 0.5) is 0 Å². The van der Waals surface area contributed by atoms with Crippen LogP contribution in [0.1, 0.15) is 22.4 Å². The van der Waals surface area contributed by atoms with Crippen LogP contribution >= 0.6 is 11.3 Å². The molecule has 0 radical (unpaired) electrons. The van der Waals surface area contributed by atoms with Crippen LogP contribution in [0.3, 0.4) is 0 Å². The highest BCUT2D eigenvalue weighted by Gasteiger charge is 2.09. The van der Waals surface area contributed by atoms with Crippen molar-refractivity contribution in [2.75, 3.05) is 13.2 Å². The number of nitrogens with one attached hydrogen (secondary N) is 1. The van der Waals surface area contributed by atoms with Crippen molar-refractivity contribution in [3.63, 3.8) is 0 Å². The fourth-order valence-corrected chi connectivity index (χ4v) is 1.64. The molecule has 3 N–H and O–H groups in total. The van der Waals surface area contributed by atoms with Crippen LogP contribution in [-0.4, -0.2) is 24.0 Å². The lowest BCUT2D eigenvalue weighted by Gasteiger charge is -1.99. The van der Waals surface area contributed by atoms with Crippen molar-refractivity contribution in [1.82, 2.24) is 10.5 Å². The predicted octanol–water partition coefficient (Wildman–Crippen LogP) is 0.326. The van der Waals surface area contributed by atoms with Crippen LogP contribution in [0.15, 0.2) is 5.38 Å². The van der Waals surface area contributed by atoms with Gasteiger partial charge in [-0.2, -0.15) is 0 Å². The summed E-state index contributed by atoms with van der Waals surface area (Å²) in [6.07, 6.45) is 0.701. The van der Waals surface area contributed by atoms with E-state index in [1.807, 2.05) is 0 Å². The zero-order chi connectivity index (χ0) is 10.4. The Morgan fingerprint density at radius 2 is 2.57 bits per heavy atom. The first-order chi connectivity index (χ1) is 6.77. The maximum absolute atomic E-state index is 11.3. The molecule has 1 aromatic heterocycles. The fraction of sp³-hybridized carbons (Fsp3) is 0.500. The maximum Gasteiger partial charge on any atom is 0.294 e. The summed E-state index contributed by atoms with van der Waals surface area (Å²) in [6, 6.07) is 0. The number of carbonyl (C=O) groups excluding carboxylic acids is 1. The van der Waals surface area contributed by atoms with Crippen LogP contribution in [0, 0.1) is 0 Å². The highest BCUT2D eigenvalue weighted by Crippen LogP contribution is 2.09. The summed E-state index contributed by atoms with van der Waals surface area (Å²) in [7, 11) is 0. The fourth-order valence-electron chi connectivity index (χ4n) is 0.843. The first kappa shape index (κ1) is 11.1. The van der Waals surface area contributed by atoms with E-state index in [1.165, 1.54) is 11.3 Å². The first-order valence-electron chi connectivity index (χ1n) is 4.34. The van der Waals surface area contributed by atoms with Gasteiger partial charge in [0.05, 0.1) is 11.6 Å². The quantitative estimate of drug-likeness (QED) is 0.694. The molecule has 0 saturated heterocycles. The molecule has 0 bridgehead atoms. The first-order valence-corrected chi connectivity index (χ1v) is 5.22. The van der Waals surface area contributed by atoms with E-state index >= 15 is 0 Å². The molecule has 0 saturated carbocycles. The SMILES string of the molecule is CCONC(=O)c1csc(CCN)n1. The van der Waals surface area contributed by atoms with Crippen LogP contribution in [-0.2, 0) is 11.3 Å². The standard InChI is InChI=1S/C8H13N3O2S/c1-2-13-11-8(12)6-5-14-7(10-6)3-4-9/h5H,2-4,9H2,1H3,(H,11,12). The molecule has 1 rings (SSSR count). The number of hydrogen-bond acceptors (Lipinski definition) is 5. The Hall–Kier alpha value is -0.980. The minimum atomic E-state index is -0.314. The number of aromatic nitrogens is 1. The number of amides is 1. The molecule has 78 valence electrons. The predicted molar refractivity (Wildman–Crippen MR) is 54.0 cm³/mol. The van der Waals surface area contributed by atoms with Crippen LogP contribution in [0.5, 0.6) is 0 Å². The number of thiazole rings is 1. The Labute approximate surface area is 86.2 Å². The molecular weight excluding hydrogens is 202 g/mol. The lowest BCUT2D eigenvalue weighted by atomic mass is 10.4. The van der Waals surface area contributed by atoms with Gasteiger partial charge < -0.3 is 5.73 Å². The van der Waals surface area contributed by atoms with E-state index in [0.717, 1.165) is 5.01 Å². The van der Waals surface area contributed by atoms with Crippen molar-refractivity contribution < 1.29 is 9.63 Å². The van der Waals surface area contributed by atoms with Gasteiger partial charge in [0.2, 0.25) is 0 Å². The third kappa shape index (κ3) is 3.06. The van der Waals surface area contributed by atoms with Crippen LogP contribution in [0.2, 0.25) is 0 Å². The second kappa shape index (κ2) is 5.69. The molecule has 0 fully saturated rings. The Morgan fingerprint density at radius 1 is 1.79 bits per heavy atom. The molecule has 6 heteroatoms. The molecule has 1 amide bonds. The van der Waals surface area contributed by atoms with Crippen molar-refractivity contribution in [2.45, 2.75) is 13.3 Å². The molecule has 0 aliphatic carbocycles. The number of hydroxylamine groups is 1. The highest BCUT2D eigenvalue weighted by molar-refractivity contribution is 7.09. The second-order valence-electron chi connectivity index (χ2n) is 2.53. The number of hydrogen-bond donors (Lipinski definition) is 2. The van der Waals surface area contributed by atoms with Crippen LogP contribution in [0.25, 0.3) is 0 Å². The molecule has 0 unspecified atom stereocenters. The lowest BCUT2D eigenvalue weighted by Crippen LogP contribution is -2.23. The van der Waals surface area contributed by atoms with E-state index in [0.29, 0.717) is 25.3 Å². The van der Waals surface area contributed by atoms with E-state index in [1.54, 1.807) is 12.3 Å². The van der Waals surface area contributed by atoms with Gasteiger partial charge in [-0.05, 0) is 13.5 Å². The average molecular weight is 215 g/mol. The normalized spacial score (nSPS) is 10.1. The van der Waals surface area contributed by atoms with Gasteiger partial charge in [-0.1, -0.05) is 0 Å². The van der Waals surface area contributed by atoms with Crippen molar-refractivity contribution in [1.29, 1.82) is 0 Å². The van der Waals surface area contributed by atoms with Gasteiger partial charge in [0.15, 0.2) is 0 Å². The van der Waals surface area contributed by atoms with Crippen molar-refractivity contribution >= 4 is 17.2 Å². The van der Waals surface area contributed by atoms with Gasteiger partial charge in [-0.15, -0.1) is 11.3 Å². The molecule has 5 nitrogen and oxygen atoms in total. The molecular formula is C8H13N3O2S. The Morgan fingerprint density at radius 3 is 3.21 bits per heavy atom. The van der Waals surface area contributed by atoms with Crippen molar-refractivity contribution in [2.24, 2.45) is 5.73 Å². The zero-order valence-electron chi connectivity index (χ0n) is 7.95. The minimum absolute atomic E-state index is 0.314. The third-order valence-corrected chi connectivity index (χ3v) is 2.36. The van der Waals surface area contributed by atoms with Gasteiger partial charge >= 0.3 is 0 Å².